The fourth-order valence-electron chi connectivity index (χ4n) is 3.15. The summed E-state index contributed by atoms with van der Waals surface area (Å²) in [4.78, 5) is 9.31. The van der Waals surface area contributed by atoms with E-state index in [0.717, 1.165) is 37.9 Å². The zero-order valence-electron chi connectivity index (χ0n) is 10.8. The van der Waals surface area contributed by atoms with Crippen molar-refractivity contribution in [3.05, 3.63) is 11.6 Å². The van der Waals surface area contributed by atoms with Crippen molar-refractivity contribution in [2.24, 2.45) is 5.73 Å². The van der Waals surface area contributed by atoms with Crippen LogP contribution in [0.3, 0.4) is 0 Å². The van der Waals surface area contributed by atoms with Crippen LogP contribution in [-0.2, 0) is 0 Å². The van der Waals surface area contributed by atoms with Gasteiger partial charge in [-0.05, 0) is 12.8 Å². The molecule has 100 valence electrons. The van der Waals surface area contributed by atoms with Crippen LogP contribution in [0.25, 0.3) is 0 Å². The summed E-state index contributed by atoms with van der Waals surface area (Å²) in [6, 6.07) is 0. The normalized spacial score (nSPS) is 24.6. The van der Waals surface area contributed by atoms with E-state index < -0.39 is 0 Å². The van der Waals surface area contributed by atoms with Crippen molar-refractivity contribution >= 4 is 16.5 Å². The lowest BCUT2D eigenvalue weighted by atomic mass is 9.98. The third-order valence-corrected chi connectivity index (χ3v) is 5.03. The lowest BCUT2D eigenvalue weighted by Crippen LogP contribution is -2.54. The highest BCUT2D eigenvalue weighted by atomic mass is 32.1. The molecule has 0 amide bonds. The first-order chi connectivity index (χ1) is 8.75. The summed E-state index contributed by atoms with van der Waals surface area (Å²) in [7, 11) is 0. The highest BCUT2D eigenvalue weighted by Crippen LogP contribution is 2.28. The van der Waals surface area contributed by atoms with E-state index in [1.165, 1.54) is 25.7 Å². The van der Waals surface area contributed by atoms with E-state index in [0.29, 0.717) is 0 Å². The quantitative estimate of drug-likeness (QED) is 0.901. The first-order valence-corrected chi connectivity index (χ1v) is 7.79. The number of aromatic nitrogens is 1. The lowest BCUT2D eigenvalue weighted by molar-refractivity contribution is 0.199. The average molecular weight is 266 g/mol. The molecule has 2 aliphatic rings. The number of nitrogens with two attached hydrogens (primary N) is 1. The van der Waals surface area contributed by atoms with Crippen molar-refractivity contribution < 1.29 is 0 Å². The van der Waals surface area contributed by atoms with Crippen LogP contribution < -0.4 is 10.6 Å². The molecule has 0 spiro atoms. The minimum Gasteiger partial charge on any atom is -0.346 e. The maximum Gasteiger partial charge on any atom is 0.185 e. The zero-order valence-corrected chi connectivity index (χ0v) is 11.7. The van der Waals surface area contributed by atoms with Gasteiger partial charge in [-0.3, -0.25) is 4.90 Å². The third kappa shape index (κ3) is 2.68. The number of nitrogens with zero attached hydrogens (tertiary/aromatic N) is 3. The predicted molar refractivity (Wildman–Crippen MR) is 76.2 cm³/mol. The van der Waals surface area contributed by atoms with Gasteiger partial charge >= 0.3 is 0 Å². The van der Waals surface area contributed by atoms with E-state index in [-0.39, 0.29) is 5.54 Å². The highest BCUT2D eigenvalue weighted by Gasteiger charge is 2.32. The Labute approximate surface area is 113 Å². The van der Waals surface area contributed by atoms with Crippen molar-refractivity contribution in [1.82, 2.24) is 9.88 Å². The molecule has 3 rings (SSSR count). The molecule has 1 saturated heterocycles. The molecule has 1 aromatic rings. The van der Waals surface area contributed by atoms with Crippen molar-refractivity contribution in [3.63, 3.8) is 0 Å². The maximum absolute atomic E-state index is 6.45. The van der Waals surface area contributed by atoms with Crippen LogP contribution in [0.4, 0.5) is 5.13 Å². The summed E-state index contributed by atoms with van der Waals surface area (Å²) in [6.45, 7) is 5.50. The van der Waals surface area contributed by atoms with E-state index in [9.17, 15) is 0 Å². The summed E-state index contributed by atoms with van der Waals surface area (Å²) in [5.74, 6) is 0. The summed E-state index contributed by atoms with van der Waals surface area (Å²) in [5, 5.41) is 3.22. The van der Waals surface area contributed by atoms with Gasteiger partial charge in [-0.2, -0.15) is 0 Å². The van der Waals surface area contributed by atoms with Gasteiger partial charge in [0, 0.05) is 49.8 Å². The monoisotopic (exact) mass is 266 g/mol. The van der Waals surface area contributed by atoms with Crippen LogP contribution in [0, 0.1) is 0 Å². The second kappa shape index (κ2) is 5.15. The fraction of sp³-hybridized carbons (Fsp3) is 0.769. The van der Waals surface area contributed by atoms with Crippen LogP contribution in [-0.4, -0.2) is 48.1 Å². The molecule has 0 unspecified atom stereocenters. The molecule has 1 aliphatic carbocycles. The van der Waals surface area contributed by atoms with Crippen LogP contribution >= 0.6 is 11.3 Å². The number of hydrogen-bond acceptors (Lipinski definition) is 5. The van der Waals surface area contributed by atoms with E-state index in [1.807, 2.05) is 6.20 Å². The Bertz CT molecular complexity index is 364. The Morgan fingerprint density at radius 3 is 2.56 bits per heavy atom. The summed E-state index contributed by atoms with van der Waals surface area (Å²) >= 11 is 1.73. The number of piperazine rings is 1. The maximum atomic E-state index is 6.45. The number of thiazole rings is 1. The van der Waals surface area contributed by atoms with Crippen LogP contribution in [0.5, 0.6) is 0 Å². The molecule has 1 aliphatic heterocycles. The van der Waals surface area contributed by atoms with Crippen molar-refractivity contribution in [2.45, 2.75) is 31.2 Å². The first-order valence-electron chi connectivity index (χ1n) is 6.91. The number of hydrogen-bond donors (Lipinski definition) is 1. The van der Waals surface area contributed by atoms with Crippen molar-refractivity contribution in [1.29, 1.82) is 0 Å². The van der Waals surface area contributed by atoms with Gasteiger partial charge in [0.05, 0.1) is 0 Å². The van der Waals surface area contributed by atoms with E-state index in [1.54, 1.807) is 11.3 Å². The van der Waals surface area contributed by atoms with Crippen molar-refractivity contribution in [3.8, 4) is 0 Å². The highest BCUT2D eigenvalue weighted by molar-refractivity contribution is 7.13. The van der Waals surface area contributed by atoms with Crippen LogP contribution in [0.15, 0.2) is 11.6 Å². The van der Waals surface area contributed by atoms with Crippen molar-refractivity contribution in [2.75, 3.05) is 37.6 Å². The van der Waals surface area contributed by atoms with E-state index in [4.69, 9.17) is 5.73 Å². The minimum absolute atomic E-state index is 0.101. The molecule has 0 aromatic carbocycles. The molecule has 2 heterocycles. The van der Waals surface area contributed by atoms with Gasteiger partial charge in [0.1, 0.15) is 0 Å². The topological polar surface area (TPSA) is 45.4 Å². The Balaban J connectivity index is 1.51. The zero-order chi connectivity index (χ0) is 12.4. The summed E-state index contributed by atoms with van der Waals surface area (Å²) in [6.07, 6.45) is 6.93. The standard InChI is InChI=1S/C13H22N4S/c14-13(3-1-2-4-13)11-16-6-8-17(9-7-16)12-15-5-10-18-12/h5,10H,1-4,6-9,11,14H2. The van der Waals surface area contributed by atoms with E-state index >= 15 is 0 Å². The second-order valence-corrected chi connectivity index (χ2v) is 6.52. The second-order valence-electron chi connectivity index (χ2n) is 5.65. The van der Waals surface area contributed by atoms with Gasteiger partial charge < -0.3 is 10.6 Å². The molecule has 0 bridgehead atoms. The predicted octanol–water partition coefficient (Wildman–Crippen LogP) is 1.54. The molecule has 1 aromatic heterocycles. The van der Waals surface area contributed by atoms with Gasteiger partial charge in [-0.15, -0.1) is 11.3 Å². The average Bonchev–Trinajstić information content (AvgIpc) is 3.02. The molecule has 0 radical (unpaired) electrons. The largest absolute Gasteiger partial charge is 0.346 e. The summed E-state index contributed by atoms with van der Waals surface area (Å²) in [5.41, 5.74) is 6.55. The van der Waals surface area contributed by atoms with E-state index in [2.05, 4.69) is 20.2 Å². The minimum atomic E-state index is 0.101. The molecular formula is C13H22N4S. The Morgan fingerprint density at radius 2 is 1.94 bits per heavy atom. The SMILES string of the molecule is NC1(CN2CCN(c3nccs3)CC2)CCCC1. The van der Waals surface area contributed by atoms with Gasteiger partial charge in [0.2, 0.25) is 0 Å². The Hall–Kier alpha value is -0.650. The van der Waals surface area contributed by atoms with Crippen LogP contribution in [0.2, 0.25) is 0 Å². The third-order valence-electron chi connectivity index (χ3n) is 4.20. The molecule has 2 N–H and O–H groups in total. The number of anilines is 1. The van der Waals surface area contributed by atoms with Gasteiger partial charge in [-0.25, -0.2) is 4.98 Å². The summed E-state index contributed by atoms with van der Waals surface area (Å²) < 4.78 is 0. The van der Waals surface area contributed by atoms with Gasteiger partial charge in [0.25, 0.3) is 0 Å². The van der Waals surface area contributed by atoms with Gasteiger partial charge in [0.15, 0.2) is 5.13 Å². The Kier molecular flexibility index (Phi) is 3.54. The smallest absolute Gasteiger partial charge is 0.185 e. The molecule has 1 saturated carbocycles. The van der Waals surface area contributed by atoms with Crippen LogP contribution in [0.1, 0.15) is 25.7 Å². The first kappa shape index (κ1) is 12.4. The molecular weight excluding hydrogens is 244 g/mol. The molecule has 0 atom stereocenters. The van der Waals surface area contributed by atoms with Gasteiger partial charge in [-0.1, -0.05) is 12.8 Å². The Morgan fingerprint density at radius 1 is 1.22 bits per heavy atom. The molecule has 5 heteroatoms. The number of rotatable bonds is 3. The molecule has 18 heavy (non-hydrogen) atoms. The molecule has 2 fully saturated rings. The fourth-order valence-corrected chi connectivity index (χ4v) is 3.85. The lowest BCUT2D eigenvalue weighted by Gasteiger charge is -2.38. The molecule has 4 nitrogen and oxygen atoms in total.